The lowest BCUT2D eigenvalue weighted by Gasteiger charge is -2.27. The molecule has 2 atom stereocenters. The summed E-state index contributed by atoms with van der Waals surface area (Å²) in [7, 11) is 0. The van der Waals surface area contributed by atoms with Crippen LogP contribution in [0.4, 0.5) is 5.69 Å². The number of nitro benzene ring substituents is 1. The van der Waals surface area contributed by atoms with Crippen LogP contribution in [0.2, 0.25) is 0 Å². The number of carbonyl (C=O) groups is 1. The molecule has 1 aliphatic rings. The molecule has 2 aromatic rings. The van der Waals surface area contributed by atoms with Crippen LogP contribution in [0.15, 0.2) is 30.6 Å². The van der Waals surface area contributed by atoms with Gasteiger partial charge in [-0.3, -0.25) is 10.1 Å². The van der Waals surface area contributed by atoms with Crippen molar-refractivity contribution in [2.75, 3.05) is 0 Å². The van der Waals surface area contributed by atoms with Gasteiger partial charge in [0.05, 0.1) is 22.9 Å². The summed E-state index contributed by atoms with van der Waals surface area (Å²) in [5.41, 5.74) is 2.04. The number of nitrogens with two attached hydrogens (primary N) is 1. The number of nitrogens with one attached hydrogen (secondary N) is 1. The number of carbonyl (C=O) groups excluding carboxylic acids is 1. The number of quaternary nitrogens is 1. The van der Waals surface area contributed by atoms with Gasteiger partial charge in [0, 0.05) is 24.1 Å². The number of benzene rings is 1. The molecule has 1 aromatic carbocycles. The van der Waals surface area contributed by atoms with Crippen LogP contribution in [-0.4, -0.2) is 26.9 Å². The van der Waals surface area contributed by atoms with E-state index in [1.807, 2.05) is 0 Å². The van der Waals surface area contributed by atoms with E-state index in [-0.39, 0.29) is 5.69 Å². The third-order valence-electron chi connectivity index (χ3n) is 3.64. The number of nitrogens with zero attached hydrogens (tertiary/aromatic N) is 2. The van der Waals surface area contributed by atoms with Crippen molar-refractivity contribution < 1.29 is 20.1 Å². The maximum absolute atomic E-state index is 11.2. The lowest BCUT2D eigenvalue weighted by Crippen LogP contribution is -2.95. The Morgan fingerprint density at radius 1 is 1.48 bits per heavy atom. The standard InChI is InChI=1S/C13H12N4O4/c18-13(19)10-5-9-12(15-6-14-9)11(16-10)7-2-1-3-8(4-7)17(20)21/h1-4,6,10-11,16H,5H2,(H,14,15)(H,18,19)/t10-,11+/m0/s1. The second kappa shape index (κ2) is 4.98. The average molecular weight is 288 g/mol. The normalized spacial score (nSPS) is 20.8. The van der Waals surface area contributed by atoms with Crippen molar-refractivity contribution >= 4 is 11.7 Å². The quantitative estimate of drug-likeness (QED) is 0.532. The highest BCUT2D eigenvalue weighted by atomic mass is 16.6. The third kappa shape index (κ3) is 2.36. The smallest absolute Gasteiger partial charge is 0.269 e. The minimum atomic E-state index is -1.16. The molecule has 108 valence electrons. The molecule has 0 spiro atoms. The summed E-state index contributed by atoms with van der Waals surface area (Å²) in [6.07, 6.45) is 1.80. The van der Waals surface area contributed by atoms with Gasteiger partial charge in [0.2, 0.25) is 0 Å². The van der Waals surface area contributed by atoms with Gasteiger partial charge >= 0.3 is 0 Å². The van der Waals surface area contributed by atoms with Crippen molar-refractivity contribution in [1.82, 2.24) is 9.97 Å². The number of imidazole rings is 1. The maximum Gasteiger partial charge on any atom is 0.269 e. The van der Waals surface area contributed by atoms with E-state index < -0.39 is 23.0 Å². The molecule has 0 radical (unpaired) electrons. The molecular weight excluding hydrogens is 276 g/mol. The van der Waals surface area contributed by atoms with Gasteiger partial charge in [0.25, 0.3) is 5.69 Å². The number of carboxylic acid groups (broad SMARTS) is 1. The van der Waals surface area contributed by atoms with Gasteiger partial charge in [-0.2, -0.15) is 0 Å². The zero-order valence-electron chi connectivity index (χ0n) is 10.9. The predicted octanol–water partition coefficient (Wildman–Crippen LogP) is -1.35. The van der Waals surface area contributed by atoms with E-state index >= 15 is 0 Å². The van der Waals surface area contributed by atoms with Crippen LogP contribution in [0.3, 0.4) is 0 Å². The first-order chi connectivity index (χ1) is 10.1. The highest BCUT2D eigenvalue weighted by Crippen LogP contribution is 2.25. The largest absolute Gasteiger partial charge is 0.544 e. The van der Waals surface area contributed by atoms with Gasteiger partial charge in [-0.25, -0.2) is 4.98 Å². The molecule has 1 aliphatic heterocycles. The number of H-pyrrole nitrogens is 1. The number of hydrogen-bond donors (Lipinski definition) is 2. The number of non-ortho nitro benzene ring substituents is 1. The molecule has 1 aromatic heterocycles. The molecule has 0 fully saturated rings. The molecule has 0 saturated carbocycles. The van der Waals surface area contributed by atoms with Crippen LogP contribution in [-0.2, 0) is 11.2 Å². The highest BCUT2D eigenvalue weighted by molar-refractivity contribution is 5.70. The van der Waals surface area contributed by atoms with Crippen molar-refractivity contribution in [2.24, 2.45) is 0 Å². The Hall–Kier alpha value is -2.74. The molecule has 2 heterocycles. The van der Waals surface area contributed by atoms with E-state index in [4.69, 9.17) is 0 Å². The SMILES string of the molecule is O=C([O-])[C@@H]1Cc2[nH]cnc2[C@@H](c2cccc([N+](=O)[O-])c2)[NH2+]1. The summed E-state index contributed by atoms with van der Waals surface area (Å²) >= 11 is 0. The van der Waals surface area contributed by atoms with Crippen molar-refractivity contribution in [3.05, 3.63) is 57.7 Å². The summed E-state index contributed by atoms with van der Waals surface area (Å²) in [5.74, 6) is -1.16. The second-order valence-corrected chi connectivity index (χ2v) is 4.92. The summed E-state index contributed by atoms with van der Waals surface area (Å²) in [6, 6.07) is 5.00. The molecule has 21 heavy (non-hydrogen) atoms. The Balaban J connectivity index is 2.03. The topological polar surface area (TPSA) is 129 Å². The monoisotopic (exact) mass is 288 g/mol. The highest BCUT2D eigenvalue weighted by Gasteiger charge is 2.34. The van der Waals surface area contributed by atoms with Crippen LogP contribution in [0.25, 0.3) is 0 Å². The van der Waals surface area contributed by atoms with Crippen molar-refractivity contribution in [1.29, 1.82) is 0 Å². The van der Waals surface area contributed by atoms with Gasteiger partial charge in [-0.1, -0.05) is 12.1 Å². The first-order valence-electron chi connectivity index (χ1n) is 6.38. The number of rotatable bonds is 3. The fourth-order valence-electron chi connectivity index (χ4n) is 2.64. The molecule has 0 aliphatic carbocycles. The molecule has 0 amide bonds. The third-order valence-corrected chi connectivity index (χ3v) is 3.64. The zero-order chi connectivity index (χ0) is 15.0. The number of hydrogen-bond acceptors (Lipinski definition) is 5. The number of aromatic amines is 1. The second-order valence-electron chi connectivity index (χ2n) is 4.92. The lowest BCUT2D eigenvalue weighted by molar-refractivity contribution is -0.717. The van der Waals surface area contributed by atoms with Crippen LogP contribution in [0.1, 0.15) is 23.0 Å². The Morgan fingerprint density at radius 2 is 2.29 bits per heavy atom. The molecule has 0 saturated heterocycles. The van der Waals surface area contributed by atoms with Crippen LogP contribution >= 0.6 is 0 Å². The van der Waals surface area contributed by atoms with E-state index in [1.165, 1.54) is 18.5 Å². The van der Waals surface area contributed by atoms with Gasteiger partial charge < -0.3 is 20.2 Å². The molecule has 8 heteroatoms. The van der Waals surface area contributed by atoms with Gasteiger partial charge in [0.15, 0.2) is 6.04 Å². The molecule has 3 rings (SSSR count). The van der Waals surface area contributed by atoms with Crippen LogP contribution in [0, 0.1) is 10.1 Å². The average Bonchev–Trinajstić information content (AvgIpc) is 2.94. The van der Waals surface area contributed by atoms with Gasteiger partial charge in [-0.05, 0) is 0 Å². The van der Waals surface area contributed by atoms with Crippen LogP contribution < -0.4 is 10.4 Å². The number of fused-ring (bicyclic) bond motifs is 1. The van der Waals surface area contributed by atoms with Gasteiger partial charge in [0.1, 0.15) is 11.7 Å². The summed E-state index contributed by atoms with van der Waals surface area (Å²) < 4.78 is 0. The Labute approximate surface area is 119 Å². The summed E-state index contributed by atoms with van der Waals surface area (Å²) in [4.78, 5) is 28.7. The summed E-state index contributed by atoms with van der Waals surface area (Å²) in [6.45, 7) is 0. The summed E-state index contributed by atoms with van der Waals surface area (Å²) in [5, 5.41) is 23.6. The Kier molecular flexibility index (Phi) is 3.15. The number of aliphatic carboxylic acids is 1. The first kappa shape index (κ1) is 13.3. The van der Waals surface area contributed by atoms with Crippen molar-refractivity contribution in [3.63, 3.8) is 0 Å². The van der Waals surface area contributed by atoms with Crippen molar-refractivity contribution in [3.8, 4) is 0 Å². The fraction of sp³-hybridized carbons (Fsp3) is 0.231. The molecule has 3 N–H and O–H groups in total. The molecule has 0 unspecified atom stereocenters. The van der Waals surface area contributed by atoms with Gasteiger partial charge in [-0.15, -0.1) is 0 Å². The van der Waals surface area contributed by atoms with Crippen LogP contribution in [0.5, 0.6) is 0 Å². The van der Waals surface area contributed by atoms with E-state index in [9.17, 15) is 20.0 Å². The predicted molar refractivity (Wildman–Crippen MR) is 68.0 cm³/mol. The Bertz CT molecular complexity index is 712. The van der Waals surface area contributed by atoms with E-state index in [0.717, 1.165) is 5.69 Å². The van der Waals surface area contributed by atoms with E-state index in [0.29, 0.717) is 17.7 Å². The number of carboxylic acids is 1. The maximum atomic E-state index is 11.2. The number of aromatic nitrogens is 2. The lowest BCUT2D eigenvalue weighted by atomic mass is 9.94. The Morgan fingerprint density at radius 3 is 3.00 bits per heavy atom. The first-order valence-corrected chi connectivity index (χ1v) is 6.38. The van der Waals surface area contributed by atoms with Crippen molar-refractivity contribution in [2.45, 2.75) is 18.5 Å². The number of nitro groups is 1. The molecule has 0 bridgehead atoms. The van der Waals surface area contributed by atoms with E-state index in [1.54, 1.807) is 17.4 Å². The van der Waals surface area contributed by atoms with E-state index in [2.05, 4.69) is 9.97 Å². The molecule has 8 nitrogen and oxygen atoms in total. The minimum Gasteiger partial charge on any atom is -0.544 e. The fourth-order valence-corrected chi connectivity index (χ4v) is 2.64. The molecular formula is C13H12N4O4. The minimum absolute atomic E-state index is 0.0337. The zero-order valence-corrected chi connectivity index (χ0v) is 10.9.